The molecule has 1 aliphatic carbocycles. The van der Waals surface area contributed by atoms with E-state index < -0.39 is 5.54 Å². The van der Waals surface area contributed by atoms with Gasteiger partial charge in [0.05, 0.1) is 12.1 Å². The third-order valence-corrected chi connectivity index (χ3v) is 3.99. The summed E-state index contributed by atoms with van der Waals surface area (Å²) in [4.78, 5) is 16.4. The lowest BCUT2D eigenvalue weighted by molar-refractivity contribution is 0.0688. The monoisotopic (exact) mass is 280 g/mol. The molecular formula is C14H24N4O2. The Bertz CT molecular complexity index is 460. The summed E-state index contributed by atoms with van der Waals surface area (Å²) in [5.41, 5.74) is -0.514. The Hall–Kier alpha value is -1.43. The second-order valence-electron chi connectivity index (χ2n) is 5.95. The molecule has 20 heavy (non-hydrogen) atoms. The molecule has 0 saturated heterocycles. The minimum Gasteiger partial charge on any atom is -0.394 e. The number of rotatable bonds is 5. The van der Waals surface area contributed by atoms with Crippen LogP contribution >= 0.6 is 0 Å². The number of aliphatic hydroxyl groups excluding tert-OH is 1. The number of amides is 1. The van der Waals surface area contributed by atoms with Gasteiger partial charge in [0, 0.05) is 6.42 Å². The first-order valence-corrected chi connectivity index (χ1v) is 7.43. The van der Waals surface area contributed by atoms with Crippen molar-refractivity contribution in [1.29, 1.82) is 0 Å². The summed E-state index contributed by atoms with van der Waals surface area (Å²) in [5, 5.41) is 19.4. The second kappa shape index (κ2) is 6.35. The van der Waals surface area contributed by atoms with Crippen molar-refractivity contribution < 1.29 is 9.90 Å². The van der Waals surface area contributed by atoms with Crippen molar-refractivity contribution >= 4 is 5.91 Å². The molecule has 0 aromatic carbocycles. The number of hydrogen-bond acceptors (Lipinski definition) is 4. The summed E-state index contributed by atoms with van der Waals surface area (Å²) in [6, 6.07) is 0. The lowest BCUT2D eigenvalue weighted by Gasteiger charge is -2.39. The van der Waals surface area contributed by atoms with Gasteiger partial charge in [0.2, 0.25) is 5.82 Å². The predicted octanol–water partition coefficient (Wildman–Crippen LogP) is 1.43. The number of aryl methyl sites for hydroxylation is 1. The Balaban J connectivity index is 2.04. The molecule has 0 spiro atoms. The minimum absolute atomic E-state index is 0.0324. The summed E-state index contributed by atoms with van der Waals surface area (Å²) in [5.74, 6) is 1.11. The van der Waals surface area contributed by atoms with Crippen LogP contribution in [0.15, 0.2) is 0 Å². The molecular weight excluding hydrogens is 256 g/mol. The summed E-state index contributed by atoms with van der Waals surface area (Å²) in [6.07, 6.45) is 5.53. The fourth-order valence-corrected chi connectivity index (χ4v) is 3.00. The van der Waals surface area contributed by atoms with Crippen LogP contribution in [0.4, 0.5) is 0 Å². The number of H-pyrrole nitrogens is 1. The summed E-state index contributed by atoms with van der Waals surface area (Å²) in [6.45, 7) is 4.17. The topological polar surface area (TPSA) is 90.9 Å². The zero-order chi connectivity index (χ0) is 14.6. The second-order valence-corrected chi connectivity index (χ2v) is 5.95. The number of aromatic nitrogens is 3. The van der Waals surface area contributed by atoms with Crippen molar-refractivity contribution in [1.82, 2.24) is 20.5 Å². The molecule has 6 nitrogen and oxygen atoms in total. The molecule has 6 heteroatoms. The maximum atomic E-state index is 12.2. The van der Waals surface area contributed by atoms with Gasteiger partial charge in [0.25, 0.3) is 5.91 Å². The van der Waals surface area contributed by atoms with Crippen molar-refractivity contribution in [3.63, 3.8) is 0 Å². The first-order valence-electron chi connectivity index (χ1n) is 7.43. The predicted molar refractivity (Wildman–Crippen MR) is 75.3 cm³/mol. The minimum atomic E-state index is -0.514. The van der Waals surface area contributed by atoms with Gasteiger partial charge in [-0.25, -0.2) is 4.98 Å². The zero-order valence-corrected chi connectivity index (χ0v) is 12.3. The third-order valence-electron chi connectivity index (χ3n) is 3.99. The molecule has 1 aromatic heterocycles. The first-order chi connectivity index (χ1) is 9.58. The first kappa shape index (κ1) is 15.0. The zero-order valence-electron chi connectivity index (χ0n) is 12.3. The van der Waals surface area contributed by atoms with E-state index in [-0.39, 0.29) is 18.3 Å². The van der Waals surface area contributed by atoms with E-state index in [1.165, 1.54) is 0 Å². The molecule has 0 radical (unpaired) electrons. The molecule has 112 valence electrons. The van der Waals surface area contributed by atoms with Crippen LogP contribution in [0, 0.1) is 5.92 Å². The van der Waals surface area contributed by atoms with Gasteiger partial charge >= 0.3 is 0 Å². The molecule has 0 bridgehead atoms. The van der Waals surface area contributed by atoms with Crippen molar-refractivity contribution in [3.8, 4) is 0 Å². The van der Waals surface area contributed by atoms with E-state index in [0.717, 1.165) is 44.3 Å². The van der Waals surface area contributed by atoms with Gasteiger partial charge in [-0.2, -0.15) is 0 Å². The van der Waals surface area contributed by atoms with E-state index in [9.17, 15) is 9.90 Å². The highest BCUT2D eigenvalue weighted by Crippen LogP contribution is 2.32. The largest absolute Gasteiger partial charge is 0.394 e. The molecule has 3 N–H and O–H groups in total. The van der Waals surface area contributed by atoms with Crippen LogP contribution in [0.3, 0.4) is 0 Å². The smallest absolute Gasteiger partial charge is 0.291 e. The van der Waals surface area contributed by atoms with Gasteiger partial charge < -0.3 is 10.4 Å². The fourth-order valence-electron chi connectivity index (χ4n) is 3.00. The fraction of sp³-hybridized carbons (Fsp3) is 0.786. The van der Waals surface area contributed by atoms with Gasteiger partial charge in [0.15, 0.2) is 0 Å². The Morgan fingerprint density at radius 2 is 2.40 bits per heavy atom. The number of aromatic amines is 1. The van der Waals surface area contributed by atoms with E-state index in [0.29, 0.717) is 5.92 Å². The number of nitrogens with zero attached hydrogens (tertiary/aromatic N) is 2. The quantitative estimate of drug-likeness (QED) is 0.761. The summed E-state index contributed by atoms with van der Waals surface area (Å²) < 4.78 is 0. The molecule has 1 aliphatic rings. The van der Waals surface area contributed by atoms with Crippen LogP contribution in [0.1, 0.15) is 62.4 Å². The SMILES string of the molecule is CCCc1nc(C(=O)NC2(CO)CCCC(C)C2)n[nH]1. The van der Waals surface area contributed by atoms with Gasteiger partial charge in [-0.3, -0.25) is 9.89 Å². The van der Waals surface area contributed by atoms with Crippen LogP contribution in [0.5, 0.6) is 0 Å². The van der Waals surface area contributed by atoms with Gasteiger partial charge in [-0.15, -0.1) is 5.10 Å². The van der Waals surface area contributed by atoms with E-state index in [2.05, 4.69) is 27.4 Å². The number of nitrogens with one attached hydrogen (secondary N) is 2. The Morgan fingerprint density at radius 3 is 3.05 bits per heavy atom. The highest BCUT2D eigenvalue weighted by Gasteiger charge is 2.36. The van der Waals surface area contributed by atoms with Crippen molar-refractivity contribution in [3.05, 3.63) is 11.6 Å². The van der Waals surface area contributed by atoms with Crippen LogP contribution < -0.4 is 5.32 Å². The Kier molecular flexibility index (Phi) is 4.75. The van der Waals surface area contributed by atoms with Gasteiger partial charge in [-0.05, 0) is 25.2 Å². The van der Waals surface area contributed by atoms with Gasteiger partial charge in [-0.1, -0.05) is 26.7 Å². The molecule has 1 saturated carbocycles. The maximum absolute atomic E-state index is 12.2. The number of aliphatic hydroxyl groups is 1. The summed E-state index contributed by atoms with van der Waals surface area (Å²) >= 11 is 0. The van der Waals surface area contributed by atoms with Crippen LogP contribution in [-0.2, 0) is 6.42 Å². The Labute approximate surface area is 119 Å². The van der Waals surface area contributed by atoms with Crippen LogP contribution in [0.25, 0.3) is 0 Å². The molecule has 0 aliphatic heterocycles. The third kappa shape index (κ3) is 3.36. The molecule has 2 atom stereocenters. The molecule has 2 rings (SSSR count). The van der Waals surface area contributed by atoms with E-state index in [1.54, 1.807) is 0 Å². The molecule has 1 heterocycles. The average Bonchev–Trinajstić information content (AvgIpc) is 2.88. The maximum Gasteiger partial charge on any atom is 0.291 e. The molecule has 1 fully saturated rings. The Morgan fingerprint density at radius 1 is 1.60 bits per heavy atom. The highest BCUT2D eigenvalue weighted by atomic mass is 16.3. The lowest BCUT2D eigenvalue weighted by Crippen LogP contribution is -2.54. The summed E-state index contributed by atoms with van der Waals surface area (Å²) in [7, 11) is 0. The van der Waals surface area contributed by atoms with Crippen molar-refractivity contribution in [2.75, 3.05) is 6.61 Å². The molecule has 1 aromatic rings. The number of carbonyl (C=O) groups excluding carboxylic acids is 1. The standard InChI is InChI=1S/C14H24N4O2/c1-3-5-11-15-12(18-17-11)13(20)16-14(9-19)7-4-6-10(2)8-14/h10,19H,3-9H2,1-2H3,(H,16,20)(H,15,17,18). The number of carbonyl (C=O) groups is 1. The normalized spacial score (nSPS) is 26.4. The highest BCUT2D eigenvalue weighted by molar-refractivity contribution is 5.90. The van der Waals surface area contributed by atoms with Crippen molar-refractivity contribution in [2.24, 2.45) is 5.92 Å². The van der Waals surface area contributed by atoms with E-state index in [4.69, 9.17) is 0 Å². The number of hydrogen-bond donors (Lipinski definition) is 3. The molecule has 1 amide bonds. The van der Waals surface area contributed by atoms with Crippen LogP contribution in [-0.4, -0.2) is 38.3 Å². The van der Waals surface area contributed by atoms with Crippen LogP contribution in [0.2, 0.25) is 0 Å². The van der Waals surface area contributed by atoms with E-state index in [1.807, 2.05) is 6.92 Å². The lowest BCUT2D eigenvalue weighted by atomic mass is 9.77. The van der Waals surface area contributed by atoms with E-state index >= 15 is 0 Å². The van der Waals surface area contributed by atoms with Gasteiger partial charge in [0.1, 0.15) is 5.82 Å². The van der Waals surface area contributed by atoms with Crippen molar-refractivity contribution in [2.45, 2.75) is 57.9 Å². The molecule has 2 unspecified atom stereocenters. The average molecular weight is 280 g/mol.